The van der Waals surface area contributed by atoms with Crippen LogP contribution in [-0.2, 0) is 0 Å². The van der Waals surface area contributed by atoms with Crippen LogP contribution in [0.4, 0.5) is 13.2 Å². The van der Waals surface area contributed by atoms with Crippen molar-refractivity contribution >= 4 is 0 Å². The molecule has 0 amide bonds. The Hall–Kier alpha value is -1.81. The molecular weight excluding hydrogens is 241 g/mol. The lowest BCUT2D eigenvalue weighted by molar-refractivity contribution is -0.206. The lowest BCUT2D eigenvalue weighted by Crippen LogP contribution is -2.19. The number of benzene rings is 2. The Kier molecular flexibility index (Phi) is 3.39. The van der Waals surface area contributed by atoms with Crippen molar-refractivity contribution in [2.75, 3.05) is 0 Å². The molecule has 0 saturated carbocycles. The molecule has 0 unspecified atom stereocenters. The fourth-order valence-corrected chi connectivity index (χ4v) is 1.68. The molecule has 94 valence electrons. The Labute approximate surface area is 103 Å². The number of hydrogen-bond acceptors (Lipinski definition) is 1. The summed E-state index contributed by atoms with van der Waals surface area (Å²) in [6.45, 7) is 0. The van der Waals surface area contributed by atoms with Gasteiger partial charge in [-0.05, 0) is 16.7 Å². The first-order valence-corrected chi connectivity index (χ1v) is 5.38. The molecule has 0 heterocycles. The van der Waals surface area contributed by atoms with Gasteiger partial charge in [0, 0.05) is 0 Å². The first kappa shape index (κ1) is 12.6. The first-order chi connectivity index (χ1) is 8.48. The normalized spacial score (nSPS) is 13.3. The predicted molar refractivity (Wildman–Crippen MR) is 62.9 cm³/mol. The number of halogens is 3. The van der Waals surface area contributed by atoms with Gasteiger partial charge in [-0.1, -0.05) is 54.6 Å². The molecule has 0 aliphatic rings. The van der Waals surface area contributed by atoms with Gasteiger partial charge >= 0.3 is 6.18 Å². The summed E-state index contributed by atoms with van der Waals surface area (Å²) in [5.74, 6) is 0. The maximum atomic E-state index is 12.3. The van der Waals surface area contributed by atoms with Gasteiger partial charge in [-0.3, -0.25) is 0 Å². The van der Waals surface area contributed by atoms with Crippen LogP contribution in [-0.4, -0.2) is 11.3 Å². The summed E-state index contributed by atoms with van der Waals surface area (Å²) in [4.78, 5) is 0. The third kappa shape index (κ3) is 2.71. The molecular formula is C14H11F3O. The molecule has 0 radical (unpaired) electrons. The summed E-state index contributed by atoms with van der Waals surface area (Å²) < 4.78 is 36.9. The molecule has 1 nitrogen and oxygen atoms in total. The largest absolute Gasteiger partial charge is 0.418 e. The van der Waals surface area contributed by atoms with E-state index >= 15 is 0 Å². The molecule has 0 aromatic heterocycles. The van der Waals surface area contributed by atoms with Gasteiger partial charge in [0.1, 0.15) is 0 Å². The number of aliphatic hydroxyl groups is 1. The molecule has 1 atom stereocenters. The Morgan fingerprint density at radius 2 is 1.28 bits per heavy atom. The van der Waals surface area contributed by atoms with Gasteiger partial charge in [-0.25, -0.2) is 0 Å². The van der Waals surface area contributed by atoms with Crippen LogP contribution >= 0.6 is 0 Å². The summed E-state index contributed by atoms with van der Waals surface area (Å²) in [6.07, 6.45) is -7.06. The van der Waals surface area contributed by atoms with Crippen molar-refractivity contribution in [3.8, 4) is 11.1 Å². The van der Waals surface area contributed by atoms with Crippen LogP contribution in [0.25, 0.3) is 11.1 Å². The van der Waals surface area contributed by atoms with Crippen LogP contribution in [0.3, 0.4) is 0 Å². The van der Waals surface area contributed by atoms with Gasteiger partial charge in [-0.2, -0.15) is 13.2 Å². The Balaban J connectivity index is 2.26. The molecule has 2 aromatic rings. The topological polar surface area (TPSA) is 20.2 Å². The lowest BCUT2D eigenvalue weighted by atomic mass is 10.0. The standard InChI is InChI=1S/C14H11F3O/c15-14(16,17)13(18)12-8-6-11(7-9-12)10-4-2-1-3-5-10/h1-9,13,18H/t13-/m0/s1. The third-order valence-corrected chi connectivity index (χ3v) is 2.64. The Morgan fingerprint density at radius 3 is 1.78 bits per heavy atom. The number of rotatable bonds is 2. The van der Waals surface area contributed by atoms with Crippen LogP contribution in [0.2, 0.25) is 0 Å². The Bertz CT molecular complexity index is 503. The van der Waals surface area contributed by atoms with Gasteiger partial charge in [-0.15, -0.1) is 0 Å². The van der Waals surface area contributed by atoms with Crippen molar-refractivity contribution < 1.29 is 18.3 Å². The van der Waals surface area contributed by atoms with Crippen LogP contribution < -0.4 is 0 Å². The van der Waals surface area contributed by atoms with Crippen LogP contribution in [0.15, 0.2) is 54.6 Å². The molecule has 0 bridgehead atoms. The SMILES string of the molecule is O[C@@H](c1ccc(-c2ccccc2)cc1)C(F)(F)F. The van der Waals surface area contributed by atoms with Gasteiger partial charge in [0.05, 0.1) is 0 Å². The highest BCUT2D eigenvalue weighted by atomic mass is 19.4. The third-order valence-electron chi connectivity index (χ3n) is 2.64. The van der Waals surface area contributed by atoms with Crippen LogP contribution in [0.1, 0.15) is 11.7 Å². The highest BCUT2D eigenvalue weighted by Gasteiger charge is 2.39. The van der Waals surface area contributed by atoms with Crippen molar-refractivity contribution in [2.24, 2.45) is 0 Å². The molecule has 2 rings (SSSR count). The van der Waals surface area contributed by atoms with Gasteiger partial charge < -0.3 is 5.11 Å². The van der Waals surface area contributed by atoms with Crippen LogP contribution in [0.5, 0.6) is 0 Å². The van der Waals surface area contributed by atoms with E-state index in [9.17, 15) is 13.2 Å². The average molecular weight is 252 g/mol. The minimum Gasteiger partial charge on any atom is -0.379 e. The summed E-state index contributed by atoms with van der Waals surface area (Å²) in [5.41, 5.74) is 1.58. The number of aliphatic hydroxyl groups excluding tert-OH is 1. The van der Waals surface area contributed by atoms with Gasteiger partial charge in [0.15, 0.2) is 6.10 Å². The molecule has 0 spiro atoms. The molecule has 0 fully saturated rings. The molecule has 1 N–H and O–H groups in total. The van der Waals surface area contributed by atoms with Crippen molar-refractivity contribution in [2.45, 2.75) is 12.3 Å². The van der Waals surface area contributed by atoms with E-state index in [2.05, 4.69) is 0 Å². The second-order valence-corrected chi connectivity index (χ2v) is 3.93. The van der Waals surface area contributed by atoms with E-state index in [1.165, 1.54) is 12.1 Å². The first-order valence-electron chi connectivity index (χ1n) is 5.38. The number of alkyl halides is 3. The molecule has 2 aromatic carbocycles. The monoisotopic (exact) mass is 252 g/mol. The Morgan fingerprint density at radius 1 is 0.778 bits per heavy atom. The van der Waals surface area contributed by atoms with Gasteiger partial charge in [0.2, 0.25) is 0 Å². The number of hydrogen-bond donors (Lipinski definition) is 1. The lowest BCUT2D eigenvalue weighted by Gasteiger charge is -2.15. The quantitative estimate of drug-likeness (QED) is 0.858. The zero-order valence-electron chi connectivity index (χ0n) is 9.35. The summed E-state index contributed by atoms with van der Waals surface area (Å²) in [7, 11) is 0. The zero-order chi connectivity index (χ0) is 13.2. The van der Waals surface area contributed by atoms with Crippen molar-refractivity contribution in [3.05, 3.63) is 60.2 Å². The fourth-order valence-electron chi connectivity index (χ4n) is 1.68. The van der Waals surface area contributed by atoms with Crippen LogP contribution in [0, 0.1) is 0 Å². The van der Waals surface area contributed by atoms with Crippen molar-refractivity contribution in [3.63, 3.8) is 0 Å². The molecule has 0 aliphatic carbocycles. The highest BCUT2D eigenvalue weighted by Crippen LogP contribution is 2.33. The molecule has 4 heteroatoms. The smallest absolute Gasteiger partial charge is 0.379 e. The van der Waals surface area contributed by atoms with E-state index in [0.717, 1.165) is 11.1 Å². The maximum Gasteiger partial charge on any atom is 0.418 e. The predicted octanol–water partition coefficient (Wildman–Crippen LogP) is 3.95. The maximum absolute atomic E-state index is 12.3. The second-order valence-electron chi connectivity index (χ2n) is 3.93. The second kappa shape index (κ2) is 4.82. The average Bonchev–Trinajstić information content (AvgIpc) is 2.38. The van der Waals surface area contributed by atoms with E-state index in [0.29, 0.717) is 0 Å². The zero-order valence-corrected chi connectivity index (χ0v) is 9.35. The van der Waals surface area contributed by atoms with Gasteiger partial charge in [0.25, 0.3) is 0 Å². The minimum atomic E-state index is -4.63. The molecule has 0 aliphatic heterocycles. The molecule has 18 heavy (non-hydrogen) atoms. The van der Waals surface area contributed by atoms with E-state index in [1.54, 1.807) is 12.1 Å². The van der Waals surface area contributed by atoms with Crippen molar-refractivity contribution in [1.29, 1.82) is 0 Å². The molecule has 0 saturated heterocycles. The minimum absolute atomic E-state index is 0.151. The van der Waals surface area contributed by atoms with E-state index in [1.807, 2.05) is 30.3 Å². The highest BCUT2D eigenvalue weighted by molar-refractivity contribution is 5.63. The summed E-state index contributed by atoms with van der Waals surface area (Å²) in [5, 5.41) is 9.09. The van der Waals surface area contributed by atoms with E-state index in [-0.39, 0.29) is 5.56 Å². The van der Waals surface area contributed by atoms with Crippen molar-refractivity contribution in [1.82, 2.24) is 0 Å². The summed E-state index contributed by atoms with van der Waals surface area (Å²) in [6, 6.07) is 15.0. The van der Waals surface area contributed by atoms with E-state index < -0.39 is 12.3 Å². The van der Waals surface area contributed by atoms with E-state index in [4.69, 9.17) is 5.11 Å². The summed E-state index contributed by atoms with van der Waals surface area (Å²) >= 11 is 0. The fraction of sp³-hybridized carbons (Fsp3) is 0.143.